The number of benzene rings is 2. The Labute approximate surface area is 144 Å². The van der Waals surface area contributed by atoms with Crippen LogP contribution in [-0.4, -0.2) is 15.9 Å². The third-order valence-electron chi connectivity index (χ3n) is 3.95. The van der Waals surface area contributed by atoms with Gasteiger partial charge < -0.3 is 10.7 Å². The van der Waals surface area contributed by atoms with Gasteiger partial charge in [0.2, 0.25) is 5.91 Å². The molecule has 0 saturated heterocycles. The van der Waals surface area contributed by atoms with Crippen LogP contribution in [0.4, 0.5) is 0 Å². The SMILES string of the molecule is C[C@H](Cc1nc2c(Cl)c(-c3ccc(C#N)cc3)ccc2[nH]1)C(N)=O. The fraction of sp³-hybridized carbons (Fsp3) is 0.167. The standard InChI is InChI=1S/C18H15ClN4O/c1-10(18(21)24)8-15-22-14-7-6-13(16(19)17(14)23-15)12-4-2-11(9-20)3-5-12/h2-7,10H,8H2,1H3,(H2,21,24)(H,22,23)/t10-/m1/s1. The van der Waals surface area contributed by atoms with Crippen molar-refractivity contribution in [1.82, 2.24) is 9.97 Å². The number of nitrogens with two attached hydrogens (primary N) is 1. The normalized spacial score (nSPS) is 12.0. The van der Waals surface area contributed by atoms with Crippen LogP contribution in [0.15, 0.2) is 36.4 Å². The molecule has 2 aromatic carbocycles. The summed E-state index contributed by atoms with van der Waals surface area (Å²) in [6.45, 7) is 1.76. The van der Waals surface area contributed by atoms with Crippen LogP contribution in [-0.2, 0) is 11.2 Å². The van der Waals surface area contributed by atoms with Crippen LogP contribution in [0.3, 0.4) is 0 Å². The molecular weight excluding hydrogens is 324 g/mol. The fourth-order valence-electron chi connectivity index (χ4n) is 2.53. The third-order valence-corrected chi connectivity index (χ3v) is 4.33. The Bertz CT molecular complexity index is 954. The average molecular weight is 339 g/mol. The Morgan fingerprint density at radius 3 is 2.67 bits per heavy atom. The maximum absolute atomic E-state index is 11.2. The zero-order chi connectivity index (χ0) is 17.3. The van der Waals surface area contributed by atoms with E-state index in [1.807, 2.05) is 24.3 Å². The average Bonchev–Trinajstić information content (AvgIpc) is 2.99. The summed E-state index contributed by atoms with van der Waals surface area (Å²) in [4.78, 5) is 18.9. The number of aromatic amines is 1. The molecule has 0 aliphatic carbocycles. The predicted octanol–water partition coefficient (Wildman–Crippen LogP) is 3.42. The molecule has 24 heavy (non-hydrogen) atoms. The van der Waals surface area contributed by atoms with Crippen LogP contribution in [0, 0.1) is 17.2 Å². The molecule has 0 saturated carbocycles. The first-order chi connectivity index (χ1) is 11.5. The van der Waals surface area contributed by atoms with Crippen molar-refractivity contribution in [3.8, 4) is 17.2 Å². The second-order valence-corrected chi connectivity index (χ2v) is 6.08. The molecule has 0 spiro atoms. The molecule has 3 aromatic rings. The van der Waals surface area contributed by atoms with Crippen molar-refractivity contribution in [1.29, 1.82) is 5.26 Å². The minimum absolute atomic E-state index is 0.303. The third kappa shape index (κ3) is 2.97. The zero-order valence-corrected chi connectivity index (χ0v) is 13.8. The van der Waals surface area contributed by atoms with Crippen LogP contribution >= 0.6 is 11.6 Å². The number of imidazole rings is 1. The maximum Gasteiger partial charge on any atom is 0.220 e. The molecule has 120 valence electrons. The first kappa shape index (κ1) is 16.0. The molecule has 3 rings (SSSR count). The van der Waals surface area contributed by atoms with E-state index in [1.54, 1.807) is 19.1 Å². The Kier molecular flexibility index (Phi) is 4.24. The highest BCUT2D eigenvalue weighted by molar-refractivity contribution is 6.37. The van der Waals surface area contributed by atoms with Gasteiger partial charge in [-0.15, -0.1) is 0 Å². The van der Waals surface area contributed by atoms with Crippen molar-refractivity contribution in [3.05, 3.63) is 52.8 Å². The van der Waals surface area contributed by atoms with E-state index >= 15 is 0 Å². The van der Waals surface area contributed by atoms with Gasteiger partial charge in [-0.25, -0.2) is 4.98 Å². The van der Waals surface area contributed by atoms with Crippen molar-refractivity contribution in [2.24, 2.45) is 11.7 Å². The van der Waals surface area contributed by atoms with Crippen LogP contribution < -0.4 is 5.73 Å². The summed E-state index contributed by atoms with van der Waals surface area (Å²) in [5, 5.41) is 9.42. The van der Waals surface area contributed by atoms with E-state index in [4.69, 9.17) is 22.6 Å². The molecule has 5 nitrogen and oxygen atoms in total. The van der Waals surface area contributed by atoms with Gasteiger partial charge in [-0.3, -0.25) is 4.79 Å². The minimum atomic E-state index is -0.361. The first-order valence-electron chi connectivity index (χ1n) is 7.46. The number of hydrogen-bond donors (Lipinski definition) is 2. The highest BCUT2D eigenvalue weighted by atomic mass is 35.5. The van der Waals surface area contributed by atoms with Gasteiger partial charge in [-0.2, -0.15) is 5.26 Å². The van der Waals surface area contributed by atoms with E-state index in [0.29, 0.717) is 28.3 Å². The molecule has 6 heteroatoms. The number of aromatic nitrogens is 2. The van der Waals surface area contributed by atoms with Gasteiger partial charge in [0, 0.05) is 17.9 Å². The van der Waals surface area contributed by atoms with E-state index < -0.39 is 0 Å². The number of nitriles is 1. The number of carbonyl (C=O) groups excluding carboxylic acids is 1. The van der Waals surface area contributed by atoms with Gasteiger partial charge in [0.25, 0.3) is 0 Å². The lowest BCUT2D eigenvalue weighted by atomic mass is 10.0. The molecule has 0 aliphatic rings. The van der Waals surface area contributed by atoms with E-state index in [0.717, 1.165) is 16.6 Å². The van der Waals surface area contributed by atoms with E-state index in [9.17, 15) is 4.79 Å². The molecule has 1 aromatic heterocycles. The lowest BCUT2D eigenvalue weighted by molar-refractivity contribution is -0.121. The molecule has 1 atom stereocenters. The van der Waals surface area contributed by atoms with Crippen LogP contribution in [0.2, 0.25) is 5.02 Å². The molecule has 3 N–H and O–H groups in total. The summed E-state index contributed by atoms with van der Waals surface area (Å²) in [5.74, 6) is 0.0114. The number of primary amides is 1. The summed E-state index contributed by atoms with van der Waals surface area (Å²) < 4.78 is 0. The zero-order valence-electron chi connectivity index (χ0n) is 13.0. The van der Waals surface area contributed by atoms with Crippen LogP contribution in [0.5, 0.6) is 0 Å². The predicted molar refractivity (Wildman–Crippen MR) is 93.3 cm³/mol. The lowest BCUT2D eigenvalue weighted by Gasteiger charge is -2.05. The molecule has 0 aliphatic heterocycles. The van der Waals surface area contributed by atoms with Crippen molar-refractivity contribution in [3.63, 3.8) is 0 Å². The number of hydrogen-bond acceptors (Lipinski definition) is 3. The van der Waals surface area contributed by atoms with E-state index in [-0.39, 0.29) is 11.8 Å². The Hall–Kier alpha value is -2.84. The Morgan fingerprint density at radius 2 is 2.04 bits per heavy atom. The molecule has 0 fully saturated rings. The number of H-pyrrole nitrogens is 1. The van der Waals surface area contributed by atoms with Gasteiger partial charge in [-0.05, 0) is 23.8 Å². The number of rotatable bonds is 4. The number of nitrogens with one attached hydrogen (secondary N) is 1. The van der Waals surface area contributed by atoms with Gasteiger partial charge >= 0.3 is 0 Å². The fourth-order valence-corrected chi connectivity index (χ4v) is 2.84. The number of amides is 1. The molecular formula is C18H15ClN4O. The van der Waals surface area contributed by atoms with Gasteiger partial charge in [0.05, 0.1) is 22.2 Å². The summed E-state index contributed by atoms with van der Waals surface area (Å²) in [6.07, 6.45) is 0.437. The minimum Gasteiger partial charge on any atom is -0.369 e. The number of carbonyl (C=O) groups is 1. The Morgan fingerprint density at radius 1 is 1.33 bits per heavy atom. The summed E-state index contributed by atoms with van der Waals surface area (Å²) in [6, 6.07) is 13.1. The molecule has 0 radical (unpaired) electrons. The first-order valence-corrected chi connectivity index (χ1v) is 7.84. The summed E-state index contributed by atoms with van der Waals surface area (Å²) >= 11 is 6.52. The van der Waals surface area contributed by atoms with E-state index in [2.05, 4.69) is 16.0 Å². The molecule has 1 heterocycles. The quantitative estimate of drug-likeness (QED) is 0.762. The second-order valence-electron chi connectivity index (χ2n) is 5.70. The number of nitrogens with zero attached hydrogens (tertiary/aromatic N) is 2. The largest absolute Gasteiger partial charge is 0.369 e. The van der Waals surface area contributed by atoms with Gasteiger partial charge in [0.15, 0.2) is 0 Å². The van der Waals surface area contributed by atoms with Crippen LogP contribution in [0.25, 0.3) is 22.2 Å². The maximum atomic E-state index is 11.2. The molecule has 1 amide bonds. The van der Waals surface area contributed by atoms with Crippen LogP contribution in [0.1, 0.15) is 18.3 Å². The van der Waals surface area contributed by atoms with Crippen molar-refractivity contribution in [2.45, 2.75) is 13.3 Å². The highest BCUT2D eigenvalue weighted by Gasteiger charge is 2.15. The number of fused-ring (bicyclic) bond motifs is 1. The molecule has 0 bridgehead atoms. The van der Waals surface area contributed by atoms with Gasteiger partial charge in [-0.1, -0.05) is 36.7 Å². The molecule has 0 unspecified atom stereocenters. The monoisotopic (exact) mass is 338 g/mol. The lowest BCUT2D eigenvalue weighted by Crippen LogP contribution is -2.22. The van der Waals surface area contributed by atoms with E-state index in [1.165, 1.54) is 0 Å². The van der Waals surface area contributed by atoms with Crippen molar-refractivity contribution < 1.29 is 4.79 Å². The van der Waals surface area contributed by atoms with Crippen molar-refractivity contribution in [2.75, 3.05) is 0 Å². The van der Waals surface area contributed by atoms with Gasteiger partial charge in [0.1, 0.15) is 11.3 Å². The van der Waals surface area contributed by atoms with Crippen molar-refractivity contribution >= 4 is 28.5 Å². The topological polar surface area (TPSA) is 95.6 Å². The summed E-state index contributed by atoms with van der Waals surface area (Å²) in [5.41, 5.74) is 9.12. The second kappa shape index (κ2) is 6.34. The highest BCUT2D eigenvalue weighted by Crippen LogP contribution is 2.33. The Balaban J connectivity index is 2.01. The smallest absolute Gasteiger partial charge is 0.220 e. The number of halogens is 1. The summed E-state index contributed by atoms with van der Waals surface area (Å²) in [7, 11) is 0.